The number of aromatic nitrogens is 2. The highest BCUT2D eigenvalue weighted by Crippen LogP contribution is 2.31. The molecule has 0 aromatic carbocycles. The number of aromatic amines is 1. The van der Waals surface area contributed by atoms with Crippen LogP contribution < -0.4 is 0 Å². The van der Waals surface area contributed by atoms with E-state index in [-0.39, 0.29) is 0 Å². The number of hydrogen-bond donors (Lipinski definition) is 1. The van der Waals surface area contributed by atoms with Gasteiger partial charge in [-0.15, -0.1) is 0 Å². The van der Waals surface area contributed by atoms with Gasteiger partial charge in [0.1, 0.15) is 11.6 Å². The first-order valence-electron chi connectivity index (χ1n) is 6.97. The number of Topliss-reactive ketones (excluding diaryl/α,β-unsaturated/α-hetero) is 1. The normalized spacial score (nSPS) is 26.9. The lowest BCUT2D eigenvalue weighted by atomic mass is 9.88. The minimum Gasteiger partial charge on any atom is -0.345 e. The molecule has 1 unspecified atom stereocenters. The Balaban J connectivity index is 1.68. The van der Waals surface area contributed by atoms with Crippen molar-refractivity contribution in [3.63, 3.8) is 0 Å². The van der Waals surface area contributed by atoms with Gasteiger partial charge in [-0.3, -0.25) is 4.79 Å². The number of likely N-dealkylation sites (tertiary alicyclic amines) is 1. The lowest BCUT2D eigenvalue weighted by Gasteiger charge is -2.18. The van der Waals surface area contributed by atoms with Crippen molar-refractivity contribution in [3.8, 4) is 0 Å². The Kier molecular flexibility index (Phi) is 3.20. The van der Waals surface area contributed by atoms with Gasteiger partial charge in [-0.25, -0.2) is 4.98 Å². The number of hydrogen-bond acceptors (Lipinski definition) is 3. The molecule has 0 spiro atoms. The minimum atomic E-state index is 0.412. The van der Waals surface area contributed by atoms with E-state index >= 15 is 0 Å². The molecule has 1 atom stereocenters. The number of H-pyrrole nitrogens is 1. The summed E-state index contributed by atoms with van der Waals surface area (Å²) in [5.74, 6) is 2.60. The molecule has 2 heterocycles. The van der Waals surface area contributed by atoms with Gasteiger partial charge in [-0.2, -0.15) is 0 Å². The predicted octanol–water partition coefficient (Wildman–Crippen LogP) is 2.06. The summed E-state index contributed by atoms with van der Waals surface area (Å²) in [7, 11) is 2.17. The van der Waals surface area contributed by atoms with Crippen LogP contribution in [0.25, 0.3) is 0 Å². The van der Waals surface area contributed by atoms with Gasteiger partial charge in [0.2, 0.25) is 0 Å². The number of imidazole rings is 1. The first kappa shape index (κ1) is 11.9. The van der Waals surface area contributed by atoms with Gasteiger partial charge in [0, 0.05) is 43.1 Å². The Morgan fingerprint density at radius 1 is 1.28 bits per heavy atom. The Bertz CT molecular complexity index is 430. The van der Waals surface area contributed by atoms with Gasteiger partial charge in [-0.1, -0.05) is 0 Å². The van der Waals surface area contributed by atoms with Crippen molar-refractivity contribution in [2.75, 3.05) is 20.1 Å². The van der Waals surface area contributed by atoms with Crippen LogP contribution in [-0.4, -0.2) is 40.8 Å². The summed E-state index contributed by atoms with van der Waals surface area (Å²) in [6.07, 6.45) is 6.63. The molecule has 1 saturated heterocycles. The first-order valence-corrected chi connectivity index (χ1v) is 6.97. The van der Waals surface area contributed by atoms with Crippen LogP contribution in [0.3, 0.4) is 0 Å². The van der Waals surface area contributed by atoms with E-state index in [2.05, 4.69) is 21.9 Å². The number of rotatable bonds is 2. The van der Waals surface area contributed by atoms with Crippen molar-refractivity contribution in [3.05, 3.63) is 17.7 Å². The van der Waals surface area contributed by atoms with Gasteiger partial charge in [0.05, 0.1) is 0 Å². The van der Waals surface area contributed by atoms with Gasteiger partial charge >= 0.3 is 0 Å². The van der Waals surface area contributed by atoms with Crippen molar-refractivity contribution >= 4 is 5.78 Å². The van der Waals surface area contributed by atoms with Crippen LogP contribution in [0.2, 0.25) is 0 Å². The average Bonchev–Trinajstić information content (AvgIpc) is 2.98. The number of ketones is 1. The summed E-state index contributed by atoms with van der Waals surface area (Å²) in [4.78, 5) is 21.7. The third-order valence-electron chi connectivity index (χ3n) is 4.38. The maximum absolute atomic E-state index is 11.3. The van der Waals surface area contributed by atoms with Crippen LogP contribution in [0.5, 0.6) is 0 Å². The summed E-state index contributed by atoms with van der Waals surface area (Å²) in [5.41, 5.74) is 1.28. The minimum absolute atomic E-state index is 0.412. The zero-order chi connectivity index (χ0) is 12.5. The van der Waals surface area contributed by atoms with Crippen molar-refractivity contribution in [2.24, 2.45) is 0 Å². The number of carbonyl (C=O) groups is 1. The lowest BCUT2D eigenvalue weighted by molar-refractivity contribution is -0.120. The fourth-order valence-corrected chi connectivity index (χ4v) is 3.17. The van der Waals surface area contributed by atoms with E-state index < -0.39 is 0 Å². The Labute approximate surface area is 108 Å². The molecule has 98 valence electrons. The number of nitrogens with one attached hydrogen (secondary N) is 1. The summed E-state index contributed by atoms with van der Waals surface area (Å²) < 4.78 is 0. The Morgan fingerprint density at radius 3 is 2.72 bits per heavy atom. The molecule has 0 radical (unpaired) electrons. The smallest absolute Gasteiger partial charge is 0.132 e. The van der Waals surface area contributed by atoms with E-state index in [0.717, 1.165) is 38.1 Å². The van der Waals surface area contributed by atoms with Gasteiger partial charge < -0.3 is 9.88 Å². The summed E-state index contributed by atoms with van der Waals surface area (Å²) in [5, 5.41) is 0. The van der Waals surface area contributed by atoms with Crippen LogP contribution in [-0.2, 0) is 4.79 Å². The second kappa shape index (κ2) is 4.84. The van der Waals surface area contributed by atoms with Gasteiger partial charge in [0.25, 0.3) is 0 Å². The quantitative estimate of drug-likeness (QED) is 0.870. The molecule has 1 aromatic heterocycles. The average molecular weight is 247 g/mol. The number of nitrogens with zero attached hydrogens (tertiary/aromatic N) is 2. The van der Waals surface area contributed by atoms with Crippen LogP contribution >= 0.6 is 0 Å². The maximum atomic E-state index is 11.3. The highest BCUT2D eigenvalue weighted by atomic mass is 16.1. The molecule has 1 aromatic rings. The zero-order valence-electron chi connectivity index (χ0n) is 11.0. The van der Waals surface area contributed by atoms with E-state index in [0.29, 0.717) is 17.6 Å². The fourth-order valence-electron chi connectivity index (χ4n) is 3.17. The zero-order valence-corrected chi connectivity index (χ0v) is 11.0. The summed E-state index contributed by atoms with van der Waals surface area (Å²) in [6.45, 7) is 2.31. The molecule has 4 nitrogen and oxygen atoms in total. The third-order valence-corrected chi connectivity index (χ3v) is 4.38. The molecule has 2 fully saturated rings. The topological polar surface area (TPSA) is 49.0 Å². The van der Waals surface area contributed by atoms with E-state index in [1.54, 1.807) is 0 Å². The van der Waals surface area contributed by atoms with Crippen molar-refractivity contribution in [1.82, 2.24) is 14.9 Å². The molecule has 4 heteroatoms. The van der Waals surface area contributed by atoms with Crippen LogP contribution in [0.4, 0.5) is 0 Å². The Hall–Kier alpha value is -1.16. The van der Waals surface area contributed by atoms with E-state index in [9.17, 15) is 4.79 Å². The van der Waals surface area contributed by atoms with Gasteiger partial charge in [-0.05, 0) is 32.9 Å². The van der Waals surface area contributed by atoms with Crippen LogP contribution in [0.1, 0.15) is 55.5 Å². The van der Waals surface area contributed by atoms with Crippen LogP contribution in [0.15, 0.2) is 6.20 Å². The van der Waals surface area contributed by atoms with Crippen molar-refractivity contribution in [2.45, 2.75) is 43.9 Å². The second-order valence-electron chi connectivity index (χ2n) is 5.78. The number of likely N-dealkylation sites (N-methyl/N-ethyl adjacent to an activating group) is 1. The highest BCUT2D eigenvalue weighted by Gasteiger charge is 2.26. The molecule has 1 aliphatic carbocycles. The molecular weight excluding hydrogens is 226 g/mol. The molecular formula is C14H21N3O. The van der Waals surface area contributed by atoms with E-state index in [1.165, 1.54) is 18.7 Å². The monoisotopic (exact) mass is 247 g/mol. The highest BCUT2D eigenvalue weighted by molar-refractivity contribution is 5.79. The predicted molar refractivity (Wildman–Crippen MR) is 69.7 cm³/mol. The van der Waals surface area contributed by atoms with Crippen LogP contribution in [0, 0.1) is 0 Å². The largest absolute Gasteiger partial charge is 0.345 e. The molecule has 0 bridgehead atoms. The molecule has 2 aliphatic rings. The maximum Gasteiger partial charge on any atom is 0.132 e. The second-order valence-corrected chi connectivity index (χ2v) is 5.78. The standard InChI is InChI=1S/C14H21N3O/c1-17-7-6-11(9-17)13-8-15-14(16-13)10-2-4-12(18)5-3-10/h8,10-11H,2-7,9H2,1H3,(H,15,16). The number of carbonyl (C=O) groups excluding carboxylic acids is 1. The van der Waals surface area contributed by atoms with Crippen molar-refractivity contribution in [1.29, 1.82) is 0 Å². The summed E-state index contributed by atoms with van der Waals surface area (Å²) in [6, 6.07) is 0. The molecule has 18 heavy (non-hydrogen) atoms. The third kappa shape index (κ3) is 2.34. The Morgan fingerprint density at radius 2 is 2.06 bits per heavy atom. The van der Waals surface area contributed by atoms with Gasteiger partial charge in [0.15, 0.2) is 0 Å². The first-order chi connectivity index (χ1) is 8.72. The molecule has 0 amide bonds. The molecule has 1 N–H and O–H groups in total. The lowest BCUT2D eigenvalue weighted by Crippen LogP contribution is -2.14. The fraction of sp³-hybridized carbons (Fsp3) is 0.714. The molecule has 1 saturated carbocycles. The molecule has 3 rings (SSSR count). The van der Waals surface area contributed by atoms with E-state index in [1.807, 2.05) is 6.20 Å². The molecule has 1 aliphatic heterocycles. The summed E-state index contributed by atoms with van der Waals surface area (Å²) >= 11 is 0. The van der Waals surface area contributed by atoms with Crippen molar-refractivity contribution < 1.29 is 4.79 Å². The van der Waals surface area contributed by atoms with E-state index in [4.69, 9.17) is 0 Å². The SMILES string of the molecule is CN1CCC(c2cnc(C3CCC(=O)CC3)[nH]2)C1.